The minimum Gasteiger partial charge on any atom is -0.393 e. The van der Waals surface area contributed by atoms with Gasteiger partial charge in [-0.1, -0.05) is 155 Å². The summed E-state index contributed by atoms with van der Waals surface area (Å²) in [5, 5.41) is 25.7. The van der Waals surface area contributed by atoms with E-state index in [4.69, 9.17) is 0 Å². The summed E-state index contributed by atoms with van der Waals surface area (Å²) < 4.78 is 0. The second-order valence-corrected chi connectivity index (χ2v) is 13.1. The molecule has 0 aromatic carbocycles. The predicted molar refractivity (Wildman–Crippen MR) is 183 cm³/mol. The Morgan fingerprint density at radius 3 is 0.977 bits per heavy atom. The molecule has 0 saturated heterocycles. The molecule has 0 saturated carbocycles. The first kappa shape index (κ1) is 41.9. The number of nitrogens with one attached hydrogen (secondary N) is 2. The molecule has 256 valence electrons. The van der Waals surface area contributed by atoms with Gasteiger partial charge in [0, 0.05) is 12.8 Å². The van der Waals surface area contributed by atoms with Crippen molar-refractivity contribution in [2.24, 2.45) is 0 Å². The summed E-state index contributed by atoms with van der Waals surface area (Å²) in [5.74, 6) is 0.0464. The summed E-state index contributed by atoms with van der Waals surface area (Å²) in [4.78, 5) is 24.0. The fourth-order valence-electron chi connectivity index (χ4n) is 5.77. The Morgan fingerprint density at radius 1 is 0.419 bits per heavy atom. The van der Waals surface area contributed by atoms with E-state index in [-0.39, 0.29) is 30.7 Å². The second-order valence-electron chi connectivity index (χ2n) is 13.1. The van der Waals surface area contributed by atoms with Gasteiger partial charge < -0.3 is 20.8 Å². The van der Waals surface area contributed by atoms with Crippen LogP contribution in [0.25, 0.3) is 0 Å². The van der Waals surface area contributed by atoms with E-state index in [1.165, 1.54) is 103 Å². The predicted octanol–water partition coefficient (Wildman–Crippen LogP) is 9.64. The molecule has 0 heterocycles. The summed E-state index contributed by atoms with van der Waals surface area (Å²) in [6.45, 7) is 4.67. The number of rotatable bonds is 34. The van der Waals surface area contributed by atoms with Crippen LogP contribution in [0.1, 0.15) is 206 Å². The molecule has 0 bridgehead atoms. The summed E-state index contributed by atoms with van der Waals surface area (Å²) in [7, 11) is 0. The Bertz CT molecular complexity index is 551. The molecule has 2 atom stereocenters. The highest BCUT2D eigenvalue weighted by Crippen LogP contribution is 2.16. The Kier molecular flexibility index (Phi) is 32.9. The minimum atomic E-state index is -0.103. The highest BCUT2D eigenvalue weighted by molar-refractivity contribution is 5.78. The SMILES string of the molecule is CCCCCCC(O)CCCCCCCCCCC(=O)NCNC(=O)CCCCCCCCCCC(O)CCCCCC. The van der Waals surface area contributed by atoms with Gasteiger partial charge in [-0.15, -0.1) is 0 Å². The average Bonchev–Trinajstić information content (AvgIpc) is 2.99. The molecule has 0 spiro atoms. The van der Waals surface area contributed by atoms with Crippen LogP contribution in [0.3, 0.4) is 0 Å². The zero-order chi connectivity index (χ0) is 31.6. The number of amides is 2. The highest BCUT2D eigenvalue weighted by Gasteiger charge is 2.06. The molecule has 6 nitrogen and oxygen atoms in total. The Labute approximate surface area is 267 Å². The summed E-state index contributed by atoms with van der Waals surface area (Å²) in [6, 6.07) is 0. The molecule has 43 heavy (non-hydrogen) atoms. The van der Waals surface area contributed by atoms with Crippen LogP contribution in [0.15, 0.2) is 0 Å². The van der Waals surface area contributed by atoms with Crippen molar-refractivity contribution < 1.29 is 19.8 Å². The van der Waals surface area contributed by atoms with Crippen LogP contribution in [0, 0.1) is 0 Å². The van der Waals surface area contributed by atoms with Gasteiger partial charge in [-0.3, -0.25) is 9.59 Å². The lowest BCUT2D eigenvalue weighted by Crippen LogP contribution is -2.37. The van der Waals surface area contributed by atoms with Crippen molar-refractivity contribution in [2.45, 2.75) is 219 Å². The third kappa shape index (κ3) is 33.6. The Morgan fingerprint density at radius 2 is 0.674 bits per heavy atom. The van der Waals surface area contributed by atoms with Crippen LogP contribution in [0.2, 0.25) is 0 Å². The molecule has 4 N–H and O–H groups in total. The van der Waals surface area contributed by atoms with Gasteiger partial charge in [0.15, 0.2) is 0 Å². The average molecular weight is 611 g/mol. The topological polar surface area (TPSA) is 98.7 Å². The van der Waals surface area contributed by atoms with Gasteiger partial charge >= 0.3 is 0 Å². The fourth-order valence-corrected chi connectivity index (χ4v) is 5.77. The zero-order valence-corrected chi connectivity index (χ0v) is 28.8. The molecule has 0 aliphatic rings. The van der Waals surface area contributed by atoms with Crippen molar-refractivity contribution in [3.63, 3.8) is 0 Å². The van der Waals surface area contributed by atoms with E-state index in [1.807, 2.05) is 0 Å². The largest absolute Gasteiger partial charge is 0.393 e. The normalized spacial score (nSPS) is 12.7. The number of hydrogen-bond acceptors (Lipinski definition) is 4. The van der Waals surface area contributed by atoms with Crippen molar-refractivity contribution in [1.82, 2.24) is 10.6 Å². The van der Waals surface area contributed by atoms with Crippen LogP contribution < -0.4 is 10.6 Å². The van der Waals surface area contributed by atoms with Gasteiger partial charge in [0.2, 0.25) is 11.8 Å². The zero-order valence-electron chi connectivity index (χ0n) is 28.8. The minimum absolute atomic E-state index is 0.0232. The van der Waals surface area contributed by atoms with Crippen molar-refractivity contribution >= 4 is 11.8 Å². The van der Waals surface area contributed by atoms with Gasteiger partial charge in [-0.2, -0.15) is 0 Å². The van der Waals surface area contributed by atoms with Gasteiger partial charge in [0.1, 0.15) is 0 Å². The number of carbonyl (C=O) groups excluding carboxylic acids is 2. The molecule has 6 heteroatoms. The molecular weight excluding hydrogens is 536 g/mol. The monoisotopic (exact) mass is 611 g/mol. The van der Waals surface area contributed by atoms with E-state index in [0.717, 1.165) is 77.0 Å². The van der Waals surface area contributed by atoms with Crippen molar-refractivity contribution in [2.75, 3.05) is 6.67 Å². The molecule has 2 unspecified atom stereocenters. The summed E-state index contributed by atoms with van der Waals surface area (Å²) in [6.07, 6.45) is 33.1. The van der Waals surface area contributed by atoms with Crippen molar-refractivity contribution in [3.05, 3.63) is 0 Å². The molecule has 0 radical (unpaired) electrons. The first-order valence-corrected chi connectivity index (χ1v) is 18.9. The van der Waals surface area contributed by atoms with E-state index in [9.17, 15) is 19.8 Å². The number of aliphatic hydroxyl groups excluding tert-OH is 2. The van der Waals surface area contributed by atoms with Gasteiger partial charge in [0.25, 0.3) is 0 Å². The number of aliphatic hydroxyl groups is 2. The number of unbranched alkanes of at least 4 members (excludes halogenated alkanes) is 20. The Hall–Kier alpha value is -1.14. The van der Waals surface area contributed by atoms with Gasteiger partial charge in [-0.05, 0) is 38.5 Å². The molecular formula is C37H74N2O4. The van der Waals surface area contributed by atoms with Crippen LogP contribution in [-0.4, -0.2) is 40.9 Å². The maximum absolute atomic E-state index is 12.0. The van der Waals surface area contributed by atoms with Gasteiger partial charge in [0.05, 0.1) is 18.9 Å². The lowest BCUT2D eigenvalue weighted by atomic mass is 10.0. The molecule has 0 aliphatic carbocycles. The highest BCUT2D eigenvalue weighted by atomic mass is 16.3. The van der Waals surface area contributed by atoms with Crippen LogP contribution in [-0.2, 0) is 9.59 Å². The first-order chi connectivity index (χ1) is 21.0. The molecule has 0 aromatic heterocycles. The Balaban J connectivity index is 3.36. The summed E-state index contributed by atoms with van der Waals surface area (Å²) >= 11 is 0. The molecule has 2 amide bonds. The third-order valence-electron chi connectivity index (χ3n) is 8.74. The van der Waals surface area contributed by atoms with Crippen LogP contribution in [0.4, 0.5) is 0 Å². The van der Waals surface area contributed by atoms with E-state index in [1.54, 1.807) is 0 Å². The van der Waals surface area contributed by atoms with Crippen molar-refractivity contribution in [1.29, 1.82) is 0 Å². The van der Waals surface area contributed by atoms with Crippen LogP contribution >= 0.6 is 0 Å². The van der Waals surface area contributed by atoms with E-state index >= 15 is 0 Å². The van der Waals surface area contributed by atoms with E-state index < -0.39 is 0 Å². The lowest BCUT2D eigenvalue weighted by molar-refractivity contribution is -0.123. The smallest absolute Gasteiger partial charge is 0.221 e. The molecule has 0 rings (SSSR count). The van der Waals surface area contributed by atoms with Crippen molar-refractivity contribution in [3.8, 4) is 0 Å². The number of carbonyl (C=O) groups is 2. The van der Waals surface area contributed by atoms with E-state index in [0.29, 0.717) is 12.8 Å². The maximum atomic E-state index is 12.0. The lowest BCUT2D eigenvalue weighted by Gasteiger charge is -2.10. The number of hydrogen-bond donors (Lipinski definition) is 4. The molecule has 0 aromatic rings. The second kappa shape index (κ2) is 33.7. The van der Waals surface area contributed by atoms with Gasteiger partial charge in [-0.25, -0.2) is 0 Å². The standard InChI is InChI=1S/C37H74N2O4/c1-3-5-7-21-27-34(40)29-23-17-13-9-11-15-19-25-31-36(42)38-33-39-37(43)32-26-20-16-12-10-14-18-24-30-35(41)28-22-8-6-4-2/h34-35,40-41H,3-33H2,1-2H3,(H,38,42)(H,39,43). The summed E-state index contributed by atoms with van der Waals surface area (Å²) in [5.41, 5.74) is 0. The first-order valence-electron chi connectivity index (χ1n) is 18.9. The molecule has 0 aliphatic heterocycles. The maximum Gasteiger partial charge on any atom is 0.221 e. The van der Waals surface area contributed by atoms with E-state index in [2.05, 4.69) is 24.5 Å². The third-order valence-corrected chi connectivity index (χ3v) is 8.74. The quantitative estimate of drug-likeness (QED) is 0.0430. The fraction of sp³-hybridized carbons (Fsp3) is 0.946. The molecule has 0 fully saturated rings. The van der Waals surface area contributed by atoms with Crippen LogP contribution in [0.5, 0.6) is 0 Å².